The molecule has 1 saturated heterocycles. The molecule has 0 spiro atoms. The SMILES string of the molecule is COCc1cnn(-c2cc3c(N4C[C@@H](C)[C@@](C#N)(C5CC5)C4=O)ccnn3c2)c1. The molecule has 2 aliphatic rings. The van der Waals surface area contributed by atoms with E-state index in [9.17, 15) is 10.1 Å². The predicted molar refractivity (Wildman–Crippen MR) is 105 cm³/mol. The maximum absolute atomic E-state index is 13.4. The van der Waals surface area contributed by atoms with Gasteiger partial charge in [-0.1, -0.05) is 6.92 Å². The minimum absolute atomic E-state index is 0.00198. The van der Waals surface area contributed by atoms with E-state index in [-0.39, 0.29) is 17.7 Å². The van der Waals surface area contributed by atoms with E-state index >= 15 is 0 Å². The zero-order valence-corrected chi connectivity index (χ0v) is 16.4. The topological polar surface area (TPSA) is 88.5 Å². The van der Waals surface area contributed by atoms with Crippen molar-refractivity contribution in [2.45, 2.75) is 26.4 Å². The number of nitrogens with zero attached hydrogens (tertiary/aromatic N) is 6. The van der Waals surface area contributed by atoms with Crippen LogP contribution in [0.25, 0.3) is 11.2 Å². The Hall–Kier alpha value is -3.18. The molecule has 5 rings (SSSR count). The van der Waals surface area contributed by atoms with E-state index < -0.39 is 5.41 Å². The summed E-state index contributed by atoms with van der Waals surface area (Å²) in [7, 11) is 1.65. The van der Waals surface area contributed by atoms with E-state index in [4.69, 9.17) is 4.74 Å². The van der Waals surface area contributed by atoms with Crippen LogP contribution in [0.3, 0.4) is 0 Å². The number of hydrogen-bond donors (Lipinski definition) is 0. The summed E-state index contributed by atoms with van der Waals surface area (Å²) in [5.41, 5.74) is 2.53. The predicted octanol–water partition coefficient (Wildman–Crippen LogP) is 2.57. The Morgan fingerprint density at radius 1 is 1.34 bits per heavy atom. The molecule has 0 aromatic carbocycles. The van der Waals surface area contributed by atoms with Gasteiger partial charge in [-0.2, -0.15) is 15.5 Å². The van der Waals surface area contributed by atoms with Crippen LogP contribution < -0.4 is 4.90 Å². The van der Waals surface area contributed by atoms with Crippen molar-refractivity contribution >= 4 is 17.1 Å². The first-order valence-electron chi connectivity index (χ1n) is 9.82. The van der Waals surface area contributed by atoms with Crippen LogP contribution in [0, 0.1) is 28.6 Å². The van der Waals surface area contributed by atoms with Crippen LogP contribution in [-0.2, 0) is 16.1 Å². The van der Waals surface area contributed by atoms with Crippen LogP contribution in [0.5, 0.6) is 0 Å². The van der Waals surface area contributed by atoms with Gasteiger partial charge in [0.1, 0.15) is 5.41 Å². The fraction of sp³-hybridized carbons (Fsp3) is 0.429. The molecule has 3 aromatic heterocycles. The number of amides is 1. The molecular weight excluding hydrogens is 368 g/mol. The van der Waals surface area contributed by atoms with Crippen molar-refractivity contribution < 1.29 is 9.53 Å². The average Bonchev–Trinajstić information content (AvgIpc) is 3.20. The fourth-order valence-corrected chi connectivity index (χ4v) is 4.59. The van der Waals surface area contributed by atoms with Gasteiger partial charge >= 0.3 is 0 Å². The average molecular weight is 390 g/mol. The number of aromatic nitrogens is 4. The van der Waals surface area contributed by atoms with Crippen LogP contribution in [0.15, 0.2) is 36.9 Å². The highest BCUT2D eigenvalue weighted by Gasteiger charge is 2.61. The summed E-state index contributed by atoms with van der Waals surface area (Å²) < 4.78 is 8.68. The zero-order chi connectivity index (χ0) is 20.2. The van der Waals surface area contributed by atoms with Crippen LogP contribution in [-0.4, -0.2) is 39.0 Å². The number of rotatable bonds is 5. The van der Waals surface area contributed by atoms with E-state index in [1.165, 1.54) is 0 Å². The zero-order valence-electron chi connectivity index (χ0n) is 16.4. The third-order valence-electron chi connectivity index (χ3n) is 6.21. The first-order chi connectivity index (χ1) is 14.1. The van der Waals surface area contributed by atoms with Gasteiger partial charge in [0.2, 0.25) is 5.91 Å². The van der Waals surface area contributed by atoms with Gasteiger partial charge in [-0.3, -0.25) is 4.79 Å². The molecule has 0 radical (unpaired) electrons. The Bertz CT molecular complexity index is 1140. The summed E-state index contributed by atoms with van der Waals surface area (Å²) in [5.74, 6) is 0.105. The molecule has 0 bridgehead atoms. The number of methoxy groups -OCH3 is 1. The summed E-state index contributed by atoms with van der Waals surface area (Å²) in [6.45, 7) is 3.06. The lowest BCUT2D eigenvalue weighted by molar-refractivity contribution is -0.124. The minimum Gasteiger partial charge on any atom is -0.380 e. The molecule has 1 amide bonds. The van der Waals surface area contributed by atoms with E-state index in [1.54, 1.807) is 33.6 Å². The van der Waals surface area contributed by atoms with Crippen molar-refractivity contribution in [3.8, 4) is 11.8 Å². The smallest absolute Gasteiger partial charge is 0.248 e. The van der Waals surface area contributed by atoms with Crippen molar-refractivity contribution in [2.75, 3.05) is 18.6 Å². The van der Waals surface area contributed by atoms with E-state index in [0.29, 0.717) is 13.2 Å². The molecule has 1 saturated carbocycles. The standard InChI is InChI=1S/C21H22N6O2/c1-14-9-25(20(28)21(14,13-22)16-3-4-16)18-5-6-23-27-11-17(7-19(18)27)26-10-15(8-24-26)12-29-2/h5-8,10-11,14,16H,3-4,9,12H2,1-2H3/t14-,21+/m1/s1. The quantitative estimate of drug-likeness (QED) is 0.668. The highest BCUT2D eigenvalue weighted by atomic mass is 16.5. The van der Waals surface area contributed by atoms with Crippen molar-refractivity contribution in [1.29, 1.82) is 5.26 Å². The highest BCUT2D eigenvalue weighted by molar-refractivity contribution is 6.05. The Morgan fingerprint density at radius 3 is 2.90 bits per heavy atom. The summed E-state index contributed by atoms with van der Waals surface area (Å²) >= 11 is 0. The lowest BCUT2D eigenvalue weighted by atomic mass is 9.75. The van der Waals surface area contributed by atoms with Crippen molar-refractivity contribution in [3.05, 3.63) is 42.5 Å². The molecule has 0 N–H and O–H groups in total. The minimum atomic E-state index is -0.896. The number of anilines is 1. The highest BCUT2D eigenvalue weighted by Crippen LogP contribution is 2.54. The van der Waals surface area contributed by atoms with Gasteiger partial charge in [-0.25, -0.2) is 9.20 Å². The Balaban J connectivity index is 1.55. The molecule has 8 heteroatoms. The number of ether oxygens (including phenoxy) is 1. The third kappa shape index (κ3) is 2.58. The van der Waals surface area contributed by atoms with Gasteiger partial charge in [0.05, 0.1) is 42.0 Å². The number of nitriles is 1. The number of fused-ring (bicyclic) bond motifs is 1. The molecule has 29 heavy (non-hydrogen) atoms. The first kappa shape index (κ1) is 17.9. The molecule has 3 aromatic rings. The van der Waals surface area contributed by atoms with Crippen LogP contribution in [0.2, 0.25) is 0 Å². The molecule has 8 nitrogen and oxygen atoms in total. The normalized spacial score (nSPS) is 24.4. The largest absolute Gasteiger partial charge is 0.380 e. The van der Waals surface area contributed by atoms with Crippen LogP contribution in [0.4, 0.5) is 5.69 Å². The summed E-state index contributed by atoms with van der Waals surface area (Å²) in [6.07, 6.45) is 9.17. The number of hydrogen-bond acceptors (Lipinski definition) is 5. The molecule has 148 valence electrons. The lowest BCUT2D eigenvalue weighted by Crippen LogP contribution is -2.37. The fourth-order valence-electron chi connectivity index (χ4n) is 4.59. The monoisotopic (exact) mass is 390 g/mol. The van der Waals surface area contributed by atoms with Gasteiger partial charge in [-0.05, 0) is 30.9 Å². The van der Waals surface area contributed by atoms with Gasteiger partial charge in [0, 0.05) is 37.5 Å². The number of carbonyl (C=O) groups excluding carboxylic acids is 1. The summed E-state index contributed by atoms with van der Waals surface area (Å²) in [4.78, 5) is 15.2. The second kappa shape index (κ2) is 6.42. The van der Waals surface area contributed by atoms with Crippen LogP contribution >= 0.6 is 0 Å². The summed E-state index contributed by atoms with van der Waals surface area (Å²) in [5, 5.41) is 18.7. The maximum atomic E-state index is 13.4. The lowest BCUT2D eigenvalue weighted by Gasteiger charge is -2.23. The van der Waals surface area contributed by atoms with E-state index in [0.717, 1.165) is 35.3 Å². The second-order valence-corrected chi connectivity index (χ2v) is 8.04. The van der Waals surface area contributed by atoms with Gasteiger partial charge in [0.15, 0.2) is 0 Å². The Morgan fingerprint density at radius 2 is 2.17 bits per heavy atom. The van der Waals surface area contributed by atoms with E-state index in [1.807, 2.05) is 31.5 Å². The molecule has 1 aliphatic carbocycles. The van der Waals surface area contributed by atoms with Crippen molar-refractivity contribution in [2.24, 2.45) is 17.3 Å². The number of carbonyl (C=O) groups is 1. The maximum Gasteiger partial charge on any atom is 0.248 e. The van der Waals surface area contributed by atoms with Gasteiger partial charge in [-0.15, -0.1) is 0 Å². The Kier molecular flexibility index (Phi) is 3.96. The van der Waals surface area contributed by atoms with E-state index in [2.05, 4.69) is 16.3 Å². The molecular formula is C21H22N6O2. The van der Waals surface area contributed by atoms with Gasteiger partial charge < -0.3 is 9.64 Å². The Labute approximate surface area is 168 Å². The molecule has 2 fully saturated rings. The molecule has 1 aliphatic heterocycles. The van der Waals surface area contributed by atoms with Crippen molar-refractivity contribution in [1.82, 2.24) is 19.4 Å². The van der Waals surface area contributed by atoms with Crippen LogP contribution in [0.1, 0.15) is 25.3 Å². The van der Waals surface area contributed by atoms with Crippen molar-refractivity contribution in [3.63, 3.8) is 0 Å². The first-order valence-corrected chi connectivity index (χ1v) is 9.82. The third-order valence-corrected chi connectivity index (χ3v) is 6.21. The molecule has 0 unspecified atom stereocenters. The second-order valence-electron chi connectivity index (χ2n) is 8.04. The molecule has 2 atom stereocenters. The summed E-state index contributed by atoms with van der Waals surface area (Å²) in [6, 6.07) is 6.21. The van der Waals surface area contributed by atoms with Gasteiger partial charge in [0.25, 0.3) is 0 Å². The molecule has 4 heterocycles.